The molecule has 112 valence electrons. The highest BCUT2D eigenvalue weighted by atomic mass is 32.2. The number of thioether (sulfide) groups is 1. The molecule has 0 aliphatic carbocycles. The Hall–Kier alpha value is -1.37. The molecule has 0 aliphatic rings. The molecule has 3 nitrogen and oxygen atoms in total. The lowest BCUT2D eigenvalue weighted by Gasteiger charge is -2.14. The van der Waals surface area contributed by atoms with Crippen molar-refractivity contribution in [1.82, 2.24) is 0 Å². The van der Waals surface area contributed by atoms with Gasteiger partial charge in [0.05, 0.1) is 10.8 Å². The standard InChI is InChI=1S/C13H17F3N2OS/c1-3-6-20-8(2)12(19)18-9-4-5-11(17)10(7-9)13(14,15)16/h4-5,7-8H,3,6,17H2,1-2H3,(H,18,19). The summed E-state index contributed by atoms with van der Waals surface area (Å²) in [6.07, 6.45) is -3.60. The first-order valence-electron chi connectivity index (χ1n) is 6.15. The summed E-state index contributed by atoms with van der Waals surface area (Å²) in [7, 11) is 0. The van der Waals surface area contributed by atoms with Gasteiger partial charge in [0.15, 0.2) is 0 Å². The Bertz CT molecular complexity index is 477. The molecule has 0 fully saturated rings. The van der Waals surface area contributed by atoms with Crippen LogP contribution in [0.15, 0.2) is 18.2 Å². The number of amides is 1. The van der Waals surface area contributed by atoms with E-state index >= 15 is 0 Å². The van der Waals surface area contributed by atoms with Crippen molar-refractivity contribution in [2.45, 2.75) is 31.7 Å². The molecule has 7 heteroatoms. The SMILES string of the molecule is CCCSC(C)C(=O)Nc1ccc(N)c(C(F)(F)F)c1. The van der Waals surface area contributed by atoms with E-state index in [-0.39, 0.29) is 22.5 Å². The smallest absolute Gasteiger partial charge is 0.398 e. The fourth-order valence-electron chi connectivity index (χ4n) is 1.49. The van der Waals surface area contributed by atoms with Crippen LogP contribution in [0.3, 0.4) is 0 Å². The van der Waals surface area contributed by atoms with E-state index in [2.05, 4.69) is 5.32 Å². The van der Waals surface area contributed by atoms with Gasteiger partial charge in [0.1, 0.15) is 0 Å². The van der Waals surface area contributed by atoms with Gasteiger partial charge in [0, 0.05) is 11.4 Å². The molecule has 3 N–H and O–H groups in total. The van der Waals surface area contributed by atoms with Crippen LogP contribution in [0.5, 0.6) is 0 Å². The van der Waals surface area contributed by atoms with Crippen LogP contribution in [0, 0.1) is 0 Å². The number of carbonyl (C=O) groups is 1. The first-order valence-corrected chi connectivity index (χ1v) is 7.19. The van der Waals surface area contributed by atoms with E-state index in [0.29, 0.717) is 0 Å². The second kappa shape index (κ2) is 6.88. The third-order valence-corrected chi connectivity index (χ3v) is 3.93. The van der Waals surface area contributed by atoms with Gasteiger partial charge in [0.25, 0.3) is 0 Å². The average molecular weight is 306 g/mol. The molecule has 1 amide bonds. The van der Waals surface area contributed by atoms with Gasteiger partial charge >= 0.3 is 6.18 Å². The van der Waals surface area contributed by atoms with Crippen LogP contribution >= 0.6 is 11.8 Å². The Morgan fingerprint density at radius 2 is 2.10 bits per heavy atom. The zero-order valence-electron chi connectivity index (χ0n) is 11.3. The number of carbonyl (C=O) groups excluding carboxylic acids is 1. The minimum Gasteiger partial charge on any atom is -0.398 e. The van der Waals surface area contributed by atoms with Crippen molar-refractivity contribution in [3.05, 3.63) is 23.8 Å². The molecule has 1 unspecified atom stereocenters. The number of anilines is 2. The zero-order chi connectivity index (χ0) is 15.3. The summed E-state index contributed by atoms with van der Waals surface area (Å²) < 4.78 is 38.1. The van der Waals surface area contributed by atoms with Crippen molar-refractivity contribution in [3.63, 3.8) is 0 Å². The number of benzene rings is 1. The average Bonchev–Trinajstić information content (AvgIpc) is 2.36. The molecular formula is C13H17F3N2OS. The van der Waals surface area contributed by atoms with E-state index < -0.39 is 11.7 Å². The predicted molar refractivity (Wildman–Crippen MR) is 76.7 cm³/mol. The number of hydrogen-bond donors (Lipinski definition) is 2. The Balaban J connectivity index is 2.81. The van der Waals surface area contributed by atoms with E-state index in [1.54, 1.807) is 6.92 Å². The number of nitrogens with one attached hydrogen (secondary N) is 1. The summed E-state index contributed by atoms with van der Waals surface area (Å²) in [6, 6.07) is 3.35. The molecule has 1 aromatic carbocycles. The van der Waals surface area contributed by atoms with Crippen LogP contribution < -0.4 is 11.1 Å². The minimum absolute atomic E-state index is 0.0977. The Morgan fingerprint density at radius 3 is 2.65 bits per heavy atom. The zero-order valence-corrected chi connectivity index (χ0v) is 12.1. The normalized spacial score (nSPS) is 13.1. The number of rotatable bonds is 5. The maximum absolute atomic E-state index is 12.7. The van der Waals surface area contributed by atoms with Crippen molar-refractivity contribution in [3.8, 4) is 0 Å². The summed E-state index contributed by atoms with van der Waals surface area (Å²) in [5.74, 6) is 0.505. The molecule has 0 heterocycles. The summed E-state index contributed by atoms with van der Waals surface area (Å²) in [6.45, 7) is 3.71. The number of nitrogen functional groups attached to an aromatic ring is 1. The second-order valence-electron chi connectivity index (χ2n) is 4.30. The van der Waals surface area contributed by atoms with Crippen LogP contribution in [0.2, 0.25) is 0 Å². The second-order valence-corrected chi connectivity index (χ2v) is 5.75. The van der Waals surface area contributed by atoms with Crippen LogP contribution in [0.4, 0.5) is 24.5 Å². The molecule has 0 aliphatic heterocycles. The lowest BCUT2D eigenvalue weighted by Crippen LogP contribution is -2.23. The first-order chi connectivity index (χ1) is 9.25. The summed E-state index contributed by atoms with van der Waals surface area (Å²) >= 11 is 1.46. The van der Waals surface area contributed by atoms with Gasteiger partial charge in [-0.1, -0.05) is 6.92 Å². The van der Waals surface area contributed by atoms with Gasteiger partial charge in [-0.3, -0.25) is 4.79 Å². The number of nitrogens with two attached hydrogens (primary N) is 1. The lowest BCUT2D eigenvalue weighted by molar-refractivity contribution is -0.136. The monoisotopic (exact) mass is 306 g/mol. The molecule has 0 aromatic heterocycles. The third kappa shape index (κ3) is 4.63. The largest absolute Gasteiger partial charge is 0.418 e. The van der Waals surface area contributed by atoms with E-state index in [9.17, 15) is 18.0 Å². The van der Waals surface area contributed by atoms with Crippen molar-refractivity contribution in [2.75, 3.05) is 16.8 Å². The number of hydrogen-bond acceptors (Lipinski definition) is 3. The first kappa shape index (κ1) is 16.7. The molecule has 1 atom stereocenters. The Morgan fingerprint density at radius 1 is 1.45 bits per heavy atom. The number of halogens is 3. The quantitative estimate of drug-likeness (QED) is 0.814. The minimum atomic E-state index is -4.53. The highest BCUT2D eigenvalue weighted by Crippen LogP contribution is 2.35. The maximum atomic E-state index is 12.7. The molecule has 20 heavy (non-hydrogen) atoms. The van der Waals surface area contributed by atoms with Crippen molar-refractivity contribution in [2.24, 2.45) is 0 Å². The van der Waals surface area contributed by atoms with Crippen LogP contribution in [0.1, 0.15) is 25.8 Å². The van der Waals surface area contributed by atoms with Gasteiger partial charge in [0.2, 0.25) is 5.91 Å². The molecule has 0 saturated carbocycles. The Kier molecular flexibility index (Phi) is 5.74. The molecule has 0 saturated heterocycles. The fraction of sp³-hybridized carbons (Fsp3) is 0.462. The summed E-state index contributed by atoms with van der Waals surface area (Å²) in [5.41, 5.74) is 4.09. The number of alkyl halides is 3. The van der Waals surface area contributed by atoms with Crippen molar-refractivity contribution in [1.29, 1.82) is 0 Å². The maximum Gasteiger partial charge on any atom is 0.418 e. The molecule has 0 radical (unpaired) electrons. The van der Waals surface area contributed by atoms with Crippen LogP contribution in [-0.4, -0.2) is 16.9 Å². The molecule has 0 bridgehead atoms. The van der Waals surface area contributed by atoms with Crippen LogP contribution in [-0.2, 0) is 11.0 Å². The van der Waals surface area contributed by atoms with Crippen LogP contribution in [0.25, 0.3) is 0 Å². The van der Waals surface area contributed by atoms with E-state index in [4.69, 9.17) is 5.73 Å². The van der Waals surface area contributed by atoms with Gasteiger partial charge in [-0.05, 0) is 37.3 Å². The highest BCUT2D eigenvalue weighted by Gasteiger charge is 2.33. The topological polar surface area (TPSA) is 55.1 Å². The van der Waals surface area contributed by atoms with Gasteiger partial charge < -0.3 is 11.1 Å². The summed E-state index contributed by atoms with van der Waals surface area (Å²) in [5, 5.41) is 2.16. The van der Waals surface area contributed by atoms with Crippen molar-refractivity contribution < 1.29 is 18.0 Å². The Labute approximate surface area is 120 Å². The summed E-state index contributed by atoms with van der Waals surface area (Å²) in [4.78, 5) is 11.8. The highest BCUT2D eigenvalue weighted by molar-refractivity contribution is 8.00. The van der Waals surface area contributed by atoms with Gasteiger partial charge in [-0.15, -0.1) is 11.8 Å². The lowest BCUT2D eigenvalue weighted by atomic mass is 10.1. The molecule has 1 aromatic rings. The van der Waals surface area contributed by atoms with Gasteiger partial charge in [-0.25, -0.2) is 0 Å². The predicted octanol–water partition coefficient (Wildman–Crippen LogP) is 3.76. The third-order valence-electron chi connectivity index (χ3n) is 2.57. The van der Waals surface area contributed by atoms with E-state index in [0.717, 1.165) is 24.3 Å². The van der Waals surface area contributed by atoms with E-state index in [1.807, 2.05) is 6.92 Å². The van der Waals surface area contributed by atoms with E-state index in [1.165, 1.54) is 17.8 Å². The molecular weight excluding hydrogens is 289 g/mol. The van der Waals surface area contributed by atoms with Gasteiger partial charge in [-0.2, -0.15) is 13.2 Å². The molecule has 1 rings (SSSR count). The van der Waals surface area contributed by atoms with Crippen molar-refractivity contribution >= 4 is 29.0 Å². The molecule has 0 spiro atoms. The fourth-order valence-corrected chi connectivity index (χ4v) is 2.29.